The van der Waals surface area contributed by atoms with E-state index >= 15 is 0 Å². The quantitative estimate of drug-likeness (QED) is 0.605. The highest BCUT2D eigenvalue weighted by Crippen LogP contribution is 2.26. The standard InChI is InChI=1S/C17H17ClN2O3S/c1-3-7-19-16(22)11(2)23-15(21)9-14-10-24-17(20-14)12-5-4-6-13(18)8-12/h3-6,8,10-11H,1,7,9H2,2H3,(H,19,22)/t11-/m0/s1. The molecule has 1 amide bonds. The highest BCUT2D eigenvalue weighted by Gasteiger charge is 2.18. The van der Waals surface area contributed by atoms with E-state index in [0.717, 1.165) is 10.6 Å². The van der Waals surface area contributed by atoms with Crippen LogP contribution < -0.4 is 5.32 Å². The average molecular weight is 365 g/mol. The number of thiazole rings is 1. The fourth-order valence-electron chi connectivity index (χ4n) is 1.90. The Labute approximate surface area is 149 Å². The second kappa shape index (κ2) is 8.61. The molecule has 1 aromatic carbocycles. The average Bonchev–Trinajstić information content (AvgIpc) is 3.00. The van der Waals surface area contributed by atoms with E-state index in [-0.39, 0.29) is 12.3 Å². The summed E-state index contributed by atoms with van der Waals surface area (Å²) in [6.07, 6.45) is 0.707. The summed E-state index contributed by atoms with van der Waals surface area (Å²) in [6, 6.07) is 7.35. The van der Waals surface area contributed by atoms with Crippen LogP contribution in [-0.4, -0.2) is 29.5 Å². The molecular formula is C17H17ClN2O3S. The first-order chi connectivity index (χ1) is 11.5. The summed E-state index contributed by atoms with van der Waals surface area (Å²) in [7, 11) is 0. The number of esters is 1. The zero-order valence-electron chi connectivity index (χ0n) is 13.1. The molecule has 0 fully saturated rings. The molecule has 2 rings (SSSR count). The van der Waals surface area contributed by atoms with E-state index < -0.39 is 12.1 Å². The highest BCUT2D eigenvalue weighted by atomic mass is 35.5. The zero-order valence-corrected chi connectivity index (χ0v) is 14.7. The summed E-state index contributed by atoms with van der Waals surface area (Å²) in [5.41, 5.74) is 1.49. The number of rotatable bonds is 7. The number of amides is 1. The summed E-state index contributed by atoms with van der Waals surface area (Å²) in [4.78, 5) is 28.0. The summed E-state index contributed by atoms with van der Waals surface area (Å²) in [6.45, 7) is 5.36. The number of nitrogens with zero attached hydrogens (tertiary/aromatic N) is 1. The van der Waals surface area contributed by atoms with Crippen molar-refractivity contribution in [3.8, 4) is 10.6 Å². The first-order valence-electron chi connectivity index (χ1n) is 7.28. The second-order valence-corrected chi connectivity index (χ2v) is 6.29. The minimum atomic E-state index is -0.858. The van der Waals surface area contributed by atoms with Crippen molar-refractivity contribution in [3.05, 3.63) is 53.0 Å². The van der Waals surface area contributed by atoms with Gasteiger partial charge in [-0.25, -0.2) is 4.98 Å². The van der Waals surface area contributed by atoms with E-state index in [1.807, 2.05) is 18.2 Å². The van der Waals surface area contributed by atoms with Crippen LogP contribution in [0, 0.1) is 0 Å². The van der Waals surface area contributed by atoms with E-state index in [1.165, 1.54) is 18.3 Å². The van der Waals surface area contributed by atoms with Crippen LogP contribution in [0.2, 0.25) is 5.02 Å². The maximum Gasteiger partial charge on any atom is 0.312 e. The van der Waals surface area contributed by atoms with E-state index in [2.05, 4.69) is 16.9 Å². The van der Waals surface area contributed by atoms with Gasteiger partial charge in [0.25, 0.3) is 5.91 Å². The van der Waals surface area contributed by atoms with Crippen molar-refractivity contribution < 1.29 is 14.3 Å². The van der Waals surface area contributed by atoms with Crippen LogP contribution in [0.5, 0.6) is 0 Å². The monoisotopic (exact) mass is 364 g/mol. The molecular weight excluding hydrogens is 348 g/mol. The SMILES string of the molecule is C=CCNC(=O)[C@H](C)OC(=O)Cc1csc(-c2cccc(Cl)c2)n1. The first kappa shape index (κ1) is 18.2. The van der Waals surface area contributed by atoms with Gasteiger partial charge in [-0.2, -0.15) is 0 Å². The van der Waals surface area contributed by atoms with E-state index in [1.54, 1.807) is 17.5 Å². The van der Waals surface area contributed by atoms with Crippen molar-refractivity contribution in [2.75, 3.05) is 6.54 Å². The number of nitrogens with one attached hydrogen (secondary N) is 1. The summed E-state index contributed by atoms with van der Waals surface area (Å²) in [5.74, 6) is -0.861. The molecule has 0 aliphatic rings. The Morgan fingerprint density at radius 3 is 3.00 bits per heavy atom. The van der Waals surface area contributed by atoms with Crippen LogP contribution in [0.25, 0.3) is 10.6 Å². The van der Waals surface area contributed by atoms with Gasteiger partial charge in [-0.05, 0) is 19.1 Å². The smallest absolute Gasteiger partial charge is 0.312 e. The topological polar surface area (TPSA) is 68.3 Å². The predicted molar refractivity (Wildman–Crippen MR) is 95.0 cm³/mol. The molecule has 1 heterocycles. The zero-order chi connectivity index (χ0) is 17.5. The Kier molecular flexibility index (Phi) is 6.52. The third-order valence-electron chi connectivity index (χ3n) is 3.05. The van der Waals surface area contributed by atoms with Gasteiger partial charge in [0.15, 0.2) is 6.10 Å². The minimum absolute atomic E-state index is 0.0101. The normalized spacial score (nSPS) is 11.6. The Morgan fingerprint density at radius 2 is 2.29 bits per heavy atom. The molecule has 0 bridgehead atoms. The Hall–Kier alpha value is -2.18. The number of aromatic nitrogens is 1. The van der Waals surface area contributed by atoms with Gasteiger partial charge in [0.2, 0.25) is 0 Å². The van der Waals surface area contributed by atoms with Crippen LogP contribution in [0.15, 0.2) is 42.3 Å². The maximum atomic E-state index is 11.9. The van der Waals surface area contributed by atoms with Crippen molar-refractivity contribution in [2.24, 2.45) is 0 Å². The fourth-order valence-corrected chi connectivity index (χ4v) is 2.91. The molecule has 0 radical (unpaired) electrons. The van der Waals surface area contributed by atoms with Crippen LogP contribution in [0.4, 0.5) is 0 Å². The van der Waals surface area contributed by atoms with Crippen molar-refractivity contribution in [1.29, 1.82) is 0 Å². The molecule has 1 N–H and O–H groups in total. The Morgan fingerprint density at radius 1 is 1.50 bits per heavy atom. The van der Waals surface area contributed by atoms with Crippen molar-refractivity contribution in [1.82, 2.24) is 10.3 Å². The number of carbonyl (C=O) groups excluding carboxylic acids is 2. The molecule has 5 nitrogen and oxygen atoms in total. The van der Waals surface area contributed by atoms with Gasteiger partial charge in [-0.1, -0.05) is 29.8 Å². The van der Waals surface area contributed by atoms with Gasteiger partial charge in [0.1, 0.15) is 5.01 Å². The van der Waals surface area contributed by atoms with Gasteiger partial charge in [0.05, 0.1) is 12.1 Å². The lowest BCUT2D eigenvalue weighted by Crippen LogP contribution is -2.36. The number of ether oxygens (including phenoxy) is 1. The molecule has 7 heteroatoms. The number of carbonyl (C=O) groups is 2. The van der Waals surface area contributed by atoms with Gasteiger partial charge in [-0.15, -0.1) is 17.9 Å². The van der Waals surface area contributed by atoms with Crippen molar-refractivity contribution in [2.45, 2.75) is 19.4 Å². The van der Waals surface area contributed by atoms with Gasteiger partial charge >= 0.3 is 5.97 Å². The Balaban J connectivity index is 1.93. The first-order valence-corrected chi connectivity index (χ1v) is 8.53. The van der Waals surface area contributed by atoms with Gasteiger partial charge in [-0.3, -0.25) is 9.59 Å². The fraction of sp³-hybridized carbons (Fsp3) is 0.235. The number of hydrogen-bond donors (Lipinski definition) is 1. The third kappa shape index (κ3) is 5.18. The van der Waals surface area contributed by atoms with E-state index in [0.29, 0.717) is 17.3 Å². The molecule has 24 heavy (non-hydrogen) atoms. The molecule has 0 aliphatic heterocycles. The summed E-state index contributed by atoms with van der Waals surface area (Å²) >= 11 is 7.39. The predicted octanol–water partition coefficient (Wildman–Crippen LogP) is 3.24. The molecule has 0 spiro atoms. The second-order valence-electron chi connectivity index (χ2n) is 5.00. The molecule has 1 aromatic heterocycles. The lowest BCUT2D eigenvalue weighted by Gasteiger charge is -2.12. The molecule has 126 valence electrons. The summed E-state index contributed by atoms with van der Waals surface area (Å²) < 4.78 is 5.11. The van der Waals surface area contributed by atoms with Crippen LogP contribution in [0.1, 0.15) is 12.6 Å². The minimum Gasteiger partial charge on any atom is -0.452 e. The molecule has 2 aromatic rings. The lowest BCUT2D eigenvalue weighted by atomic mass is 10.2. The highest BCUT2D eigenvalue weighted by molar-refractivity contribution is 7.13. The van der Waals surface area contributed by atoms with E-state index in [9.17, 15) is 9.59 Å². The van der Waals surface area contributed by atoms with Gasteiger partial charge in [0, 0.05) is 22.5 Å². The van der Waals surface area contributed by atoms with Gasteiger partial charge < -0.3 is 10.1 Å². The van der Waals surface area contributed by atoms with Crippen LogP contribution in [0.3, 0.4) is 0 Å². The van der Waals surface area contributed by atoms with Crippen LogP contribution >= 0.6 is 22.9 Å². The largest absolute Gasteiger partial charge is 0.452 e. The number of benzene rings is 1. The molecule has 1 atom stereocenters. The Bertz CT molecular complexity index is 745. The lowest BCUT2D eigenvalue weighted by molar-refractivity contribution is -0.154. The number of halogens is 1. The maximum absolute atomic E-state index is 11.9. The molecule has 0 aliphatic carbocycles. The number of hydrogen-bond acceptors (Lipinski definition) is 5. The summed E-state index contributed by atoms with van der Waals surface area (Å²) in [5, 5.41) is 5.77. The van der Waals surface area contributed by atoms with E-state index in [4.69, 9.17) is 16.3 Å². The molecule has 0 saturated heterocycles. The molecule has 0 unspecified atom stereocenters. The van der Waals surface area contributed by atoms with Crippen molar-refractivity contribution >= 4 is 34.8 Å². The molecule has 0 saturated carbocycles. The van der Waals surface area contributed by atoms with Crippen molar-refractivity contribution in [3.63, 3.8) is 0 Å². The van der Waals surface area contributed by atoms with Crippen LogP contribution in [-0.2, 0) is 20.7 Å². The third-order valence-corrected chi connectivity index (χ3v) is 4.22.